The molecule has 0 aliphatic carbocycles. The predicted molar refractivity (Wildman–Crippen MR) is 52.8 cm³/mol. The highest BCUT2D eigenvalue weighted by atomic mass is 32.2. The zero-order valence-corrected chi connectivity index (χ0v) is 8.77. The number of alkyl halides is 2. The fraction of sp³-hybridized carbons (Fsp3) is 0.250. The molecule has 0 aromatic heterocycles. The van der Waals surface area contributed by atoms with Gasteiger partial charge in [-0.05, 0) is 18.2 Å². The number of hydrogen-bond acceptors (Lipinski definition) is 3. The lowest BCUT2D eigenvalue weighted by Crippen LogP contribution is -2.20. The van der Waals surface area contributed by atoms with Gasteiger partial charge < -0.3 is 5.73 Å². The molecule has 0 aliphatic heterocycles. The topological polar surface area (TPSA) is 72.2 Å². The summed E-state index contributed by atoms with van der Waals surface area (Å²) in [6.45, 7) is -0.157. The summed E-state index contributed by atoms with van der Waals surface area (Å²) >= 11 is 0. The highest BCUT2D eigenvalue weighted by Gasteiger charge is 2.23. The summed E-state index contributed by atoms with van der Waals surface area (Å²) < 4.78 is 60.2. The van der Waals surface area contributed by atoms with Crippen LogP contribution in [0.4, 0.5) is 18.9 Å². The predicted octanol–water partition coefficient (Wildman–Crippen LogP) is 1.25. The summed E-state index contributed by atoms with van der Waals surface area (Å²) in [5.74, 6) is -4.17. The lowest BCUT2D eigenvalue weighted by molar-refractivity contribution is 0.236. The van der Waals surface area contributed by atoms with Gasteiger partial charge in [0.15, 0.2) is 0 Å². The lowest BCUT2D eigenvalue weighted by atomic mass is 10.2. The molecule has 0 saturated carbocycles. The van der Waals surface area contributed by atoms with Crippen molar-refractivity contribution in [1.29, 1.82) is 0 Å². The third-order valence-corrected chi connectivity index (χ3v) is 2.75. The minimum atomic E-state index is -4.74. The summed E-state index contributed by atoms with van der Waals surface area (Å²) in [4.78, 5) is 0. The Labute approximate surface area is 90.3 Å². The van der Waals surface area contributed by atoms with Crippen LogP contribution in [0.25, 0.3) is 0 Å². The van der Waals surface area contributed by atoms with Crippen LogP contribution in [0, 0.1) is 5.82 Å². The van der Waals surface area contributed by atoms with Gasteiger partial charge in [-0.2, -0.15) is 8.78 Å². The number of anilines is 1. The Morgan fingerprint density at radius 2 is 2.00 bits per heavy atom. The summed E-state index contributed by atoms with van der Waals surface area (Å²) in [6, 6.07) is 3.05. The van der Waals surface area contributed by atoms with E-state index in [-0.39, 0.29) is 17.8 Å². The lowest BCUT2D eigenvalue weighted by Gasteiger charge is -2.08. The highest BCUT2D eigenvalue weighted by Crippen LogP contribution is 2.17. The van der Waals surface area contributed by atoms with Gasteiger partial charge in [0.05, 0.1) is 0 Å². The highest BCUT2D eigenvalue weighted by molar-refractivity contribution is 7.93. The number of nitrogens with two attached hydrogens (primary N) is 1. The van der Waals surface area contributed by atoms with Crippen molar-refractivity contribution < 1.29 is 21.6 Å². The minimum Gasteiger partial charge on any atom is -0.326 e. The van der Waals surface area contributed by atoms with Crippen molar-refractivity contribution in [3.05, 3.63) is 29.6 Å². The zero-order valence-electron chi connectivity index (χ0n) is 7.95. The molecular formula is C8H9F3N2O2S. The Balaban J connectivity index is 2.99. The Bertz CT molecular complexity index is 476. The molecule has 3 N–H and O–H groups in total. The van der Waals surface area contributed by atoms with Gasteiger partial charge in [0.2, 0.25) is 0 Å². The number of hydrogen-bond donors (Lipinski definition) is 2. The molecule has 1 aromatic carbocycles. The van der Waals surface area contributed by atoms with Gasteiger partial charge in [0, 0.05) is 17.8 Å². The first kappa shape index (κ1) is 12.8. The largest absolute Gasteiger partial charge is 0.355 e. The molecule has 1 rings (SSSR count). The zero-order chi connectivity index (χ0) is 12.3. The van der Waals surface area contributed by atoms with Crippen LogP contribution in [-0.4, -0.2) is 14.2 Å². The molecule has 0 bridgehead atoms. The van der Waals surface area contributed by atoms with E-state index in [1.807, 2.05) is 0 Å². The Hall–Kier alpha value is -1.28. The van der Waals surface area contributed by atoms with Gasteiger partial charge in [-0.15, -0.1) is 0 Å². The molecule has 0 amide bonds. The van der Waals surface area contributed by atoms with Crippen LogP contribution in [0.15, 0.2) is 18.2 Å². The molecule has 0 saturated heterocycles. The van der Waals surface area contributed by atoms with Crippen molar-refractivity contribution in [2.45, 2.75) is 12.3 Å². The SMILES string of the molecule is NCc1cc(NS(=O)(=O)C(F)F)ccc1F. The second-order valence-corrected chi connectivity index (χ2v) is 4.57. The average molecular weight is 254 g/mol. The molecule has 0 atom stereocenters. The van der Waals surface area contributed by atoms with Crippen LogP contribution in [0.3, 0.4) is 0 Å². The number of rotatable bonds is 4. The van der Waals surface area contributed by atoms with E-state index in [0.717, 1.165) is 18.2 Å². The third-order valence-electron chi connectivity index (χ3n) is 1.76. The molecular weight excluding hydrogens is 245 g/mol. The molecule has 8 heteroatoms. The van der Waals surface area contributed by atoms with Gasteiger partial charge in [-0.3, -0.25) is 4.72 Å². The van der Waals surface area contributed by atoms with Crippen molar-refractivity contribution in [2.24, 2.45) is 5.73 Å². The Morgan fingerprint density at radius 1 is 1.38 bits per heavy atom. The van der Waals surface area contributed by atoms with Gasteiger partial charge in [-0.25, -0.2) is 12.8 Å². The van der Waals surface area contributed by atoms with Gasteiger partial charge in [0.1, 0.15) is 5.82 Å². The standard InChI is InChI=1S/C8H9F3N2O2S/c9-7-2-1-6(3-5(7)4-12)13-16(14,15)8(10)11/h1-3,8,13H,4,12H2. The molecule has 1 aromatic rings. The number of halogens is 3. The fourth-order valence-electron chi connectivity index (χ4n) is 1.00. The fourth-order valence-corrected chi connectivity index (χ4v) is 1.55. The van der Waals surface area contributed by atoms with E-state index in [4.69, 9.17) is 5.73 Å². The van der Waals surface area contributed by atoms with E-state index in [1.165, 1.54) is 0 Å². The molecule has 0 fully saturated rings. The van der Waals surface area contributed by atoms with Crippen molar-refractivity contribution in [2.75, 3.05) is 4.72 Å². The summed E-state index contributed by atoms with van der Waals surface area (Å²) in [6.07, 6.45) is 0. The second kappa shape index (κ2) is 4.71. The Morgan fingerprint density at radius 3 is 2.50 bits per heavy atom. The first-order valence-corrected chi connectivity index (χ1v) is 5.69. The average Bonchev–Trinajstić information content (AvgIpc) is 2.20. The number of nitrogens with one attached hydrogen (secondary N) is 1. The molecule has 16 heavy (non-hydrogen) atoms. The van der Waals surface area contributed by atoms with Crippen LogP contribution in [-0.2, 0) is 16.6 Å². The first-order valence-electron chi connectivity index (χ1n) is 4.15. The molecule has 90 valence electrons. The maximum atomic E-state index is 13.0. The number of benzene rings is 1. The molecule has 4 nitrogen and oxygen atoms in total. The smallest absolute Gasteiger partial charge is 0.326 e. The van der Waals surface area contributed by atoms with Crippen molar-refractivity contribution >= 4 is 15.7 Å². The summed E-state index contributed by atoms with van der Waals surface area (Å²) in [5, 5.41) is 0. The van der Waals surface area contributed by atoms with Crippen molar-refractivity contribution in [3.63, 3.8) is 0 Å². The maximum absolute atomic E-state index is 13.0. The normalized spacial score (nSPS) is 11.8. The first-order chi connectivity index (χ1) is 7.36. The third kappa shape index (κ3) is 2.86. The van der Waals surface area contributed by atoms with Gasteiger partial charge >= 0.3 is 5.76 Å². The van der Waals surface area contributed by atoms with E-state index < -0.39 is 21.6 Å². The minimum absolute atomic E-state index is 0.0365. The number of sulfonamides is 1. The molecule has 0 aliphatic rings. The van der Waals surface area contributed by atoms with E-state index in [1.54, 1.807) is 4.72 Å². The quantitative estimate of drug-likeness (QED) is 0.849. The molecule has 0 spiro atoms. The Kier molecular flexibility index (Phi) is 3.76. The monoisotopic (exact) mass is 254 g/mol. The van der Waals surface area contributed by atoms with E-state index in [2.05, 4.69) is 0 Å². The van der Waals surface area contributed by atoms with E-state index in [0.29, 0.717) is 0 Å². The van der Waals surface area contributed by atoms with Crippen LogP contribution >= 0.6 is 0 Å². The molecule has 0 unspecified atom stereocenters. The van der Waals surface area contributed by atoms with Crippen molar-refractivity contribution in [1.82, 2.24) is 0 Å². The van der Waals surface area contributed by atoms with Crippen LogP contribution in [0.2, 0.25) is 0 Å². The van der Waals surface area contributed by atoms with Crippen LogP contribution in [0.1, 0.15) is 5.56 Å². The van der Waals surface area contributed by atoms with E-state index >= 15 is 0 Å². The summed E-state index contributed by atoms with van der Waals surface area (Å²) in [5.41, 5.74) is 5.06. The van der Waals surface area contributed by atoms with E-state index in [9.17, 15) is 21.6 Å². The second-order valence-electron chi connectivity index (χ2n) is 2.92. The van der Waals surface area contributed by atoms with Crippen LogP contribution in [0.5, 0.6) is 0 Å². The molecule has 0 heterocycles. The summed E-state index contributed by atoms with van der Waals surface area (Å²) in [7, 11) is -4.74. The molecule has 0 radical (unpaired) electrons. The van der Waals surface area contributed by atoms with Crippen LogP contribution < -0.4 is 10.5 Å². The van der Waals surface area contributed by atoms with Gasteiger partial charge in [0.25, 0.3) is 10.0 Å². The van der Waals surface area contributed by atoms with Gasteiger partial charge in [-0.1, -0.05) is 0 Å². The maximum Gasteiger partial charge on any atom is 0.355 e. The van der Waals surface area contributed by atoms with Crippen molar-refractivity contribution in [3.8, 4) is 0 Å².